The summed E-state index contributed by atoms with van der Waals surface area (Å²) in [4.78, 5) is 11.8. The summed E-state index contributed by atoms with van der Waals surface area (Å²) < 4.78 is 18.4. The van der Waals surface area contributed by atoms with E-state index in [9.17, 15) is 9.18 Å². The number of nitrogens with two attached hydrogens (primary N) is 1. The van der Waals surface area contributed by atoms with Crippen molar-refractivity contribution in [1.29, 1.82) is 0 Å². The zero-order valence-corrected chi connectivity index (χ0v) is 11.7. The summed E-state index contributed by atoms with van der Waals surface area (Å²) in [5.41, 5.74) is 6.42. The van der Waals surface area contributed by atoms with Gasteiger partial charge in [-0.3, -0.25) is 4.79 Å². The first-order valence-electron chi connectivity index (χ1n) is 6.26. The molecule has 1 amide bonds. The van der Waals surface area contributed by atoms with Crippen molar-refractivity contribution in [1.82, 2.24) is 5.32 Å². The third-order valence-electron chi connectivity index (χ3n) is 3.06. The van der Waals surface area contributed by atoms with Crippen LogP contribution in [0.4, 0.5) is 4.39 Å². The molecule has 0 aliphatic rings. The maximum absolute atomic E-state index is 13.6. The summed E-state index contributed by atoms with van der Waals surface area (Å²) in [7, 11) is 1.41. The van der Waals surface area contributed by atoms with Gasteiger partial charge in [-0.25, -0.2) is 4.39 Å². The highest BCUT2D eigenvalue weighted by molar-refractivity contribution is 5.82. The number of hydrogen-bond donors (Lipinski definition) is 2. The molecule has 3 N–H and O–H groups in total. The fourth-order valence-electron chi connectivity index (χ4n) is 1.65. The number of halogens is 1. The third kappa shape index (κ3) is 3.92. The number of ether oxygens (including phenoxy) is 1. The van der Waals surface area contributed by atoms with Crippen molar-refractivity contribution in [3.8, 4) is 5.75 Å². The molecule has 2 atom stereocenters. The molecule has 0 aromatic heterocycles. The molecule has 0 aliphatic carbocycles. The summed E-state index contributed by atoms with van der Waals surface area (Å²) in [6, 6.07) is 3.73. The van der Waals surface area contributed by atoms with Crippen LogP contribution < -0.4 is 15.8 Å². The van der Waals surface area contributed by atoms with Crippen molar-refractivity contribution in [2.45, 2.75) is 32.9 Å². The second kappa shape index (κ2) is 6.52. The van der Waals surface area contributed by atoms with E-state index in [0.29, 0.717) is 5.56 Å². The minimum atomic E-state index is -0.564. The van der Waals surface area contributed by atoms with E-state index in [-0.39, 0.29) is 23.6 Å². The topological polar surface area (TPSA) is 64.3 Å². The Kier molecular flexibility index (Phi) is 5.30. The largest absolute Gasteiger partial charge is 0.494 e. The molecular formula is C14H21FN2O2. The van der Waals surface area contributed by atoms with Gasteiger partial charge >= 0.3 is 0 Å². The molecule has 0 fully saturated rings. The molecule has 106 valence electrons. The van der Waals surface area contributed by atoms with Gasteiger partial charge in [0.05, 0.1) is 19.2 Å². The van der Waals surface area contributed by atoms with Gasteiger partial charge in [0, 0.05) is 0 Å². The summed E-state index contributed by atoms with van der Waals surface area (Å²) in [6.45, 7) is 5.54. The monoisotopic (exact) mass is 268 g/mol. The number of carbonyl (C=O) groups excluding carboxylic acids is 1. The Labute approximate surface area is 113 Å². The molecule has 0 aliphatic heterocycles. The van der Waals surface area contributed by atoms with E-state index >= 15 is 0 Å². The quantitative estimate of drug-likeness (QED) is 0.858. The Morgan fingerprint density at radius 1 is 1.37 bits per heavy atom. The first kappa shape index (κ1) is 15.4. The molecule has 0 saturated heterocycles. The standard InChI is InChI=1S/C14H21FN2O2/c1-8(2)13(16)14(18)17-9(3)10-5-6-12(19-4)11(15)7-10/h5-9,13H,16H2,1-4H3,(H,17,18)/t9?,13-/m0/s1. The van der Waals surface area contributed by atoms with E-state index in [1.807, 2.05) is 13.8 Å². The highest BCUT2D eigenvalue weighted by atomic mass is 19.1. The highest BCUT2D eigenvalue weighted by Crippen LogP contribution is 2.21. The maximum atomic E-state index is 13.6. The van der Waals surface area contributed by atoms with Crippen molar-refractivity contribution in [3.05, 3.63) is 29.6 Å². The van der Waals surface area contributed by atoms with E-state index in [2.05, 4.69) is 5.32 Å². The van der Waals surface area contributed by atoms with Crippen LogP contribution in [0.2, 0.25) is 0 Å². The van der Waals surface area contributed by atoms with Crippen molar-refractivity contribution in [3.63, 3.8) is 0 Å². The second-order valence-electron chi connectivity index (χ2n) is 4.89. The molecule has 0 saturated carbocycles. The van der Waals surface area contributed by atoms with Gasteiger partial charge in [-0.2, -0.15) is 0 Å². The predicted molar refractivity (Wildman–Crippen MR) is 72.3 cm³/mol. The minimum Gasteiger partial charge on any atom is -0.494 e. The molecule has 1 unspecified atom stereocenters. The van der Waals surface area contributed by atoms with Gasteiger partial charge in [-0.1, -0.05) is 19.9 Å². The normalized spacial score (nSPS) is 14.1. The Morgan fingerprint density at radius 2 is 2.00 bits per heavy atom. The molecule has 0 spiro atoms. The summed E-state index contributed by atoms with van der Waals surface area (Å²) in [5, 5.41) is 2.77. The third-order valence-corrected chi connectivity index (χ3v) is 3.06. The van der Waals surface area contributed by atoms with Gasteiger partial charge in [-0.15, -0.1) is 0 Å². The lowest BCUT2D eigenvalue weighted by Crippen LogP contribution is -2.44. The van der Waals surface area contributed by atoms with Crippen molar-refractivity contribution >= 4 is 5.91 Å². The van der Waals surface area contributed by atoms with E-state index in [1.165, 1.54) is 19.2 Å². The molecule has 4 nitrogen and oxygen atoms in total. The van der Waals surface area contributed by atoms with Gasteiger partial charge in [0.25, 0.3) is 0 Å². The fraction of sp³-hybridized carbons (Fsp3) is 0.500. The molecule has 1 aromatic carbocycles. The number of rotatable bonds is 5. The van der Waals surface area contributed by atoms with Gasteiger partial charge in [0.2, 0.25) is 5.91 Å². The minimum absolute atomic E-state index is 0.0554. The van der Waals surface area contributed by atoms with E-state index in [4.69, 9.17) is 10.5 Å². The van der Waals surface area contributed by atoms with Crippen LogP contribution >= 0.6 is 0 Å². The first-order chi connectivity index (χ1) is 8.86. The lowest BCUT2D eigenvalue weighted by molar-refractivity contribution is -0.123. The van der Waals surface area contributed by atoms with Crippen LogP contribution in [-0.2, 0) is 4.79 Å². The predicted octanol–water partition coefficient (Wildman–Crippen LogP) is 1.99. The number of amides is 1. The van der Waals surface area contributed by atoms with E-state index < -0.39 is 11.9 Å². The highest BCUT2D eigenvalue weighted by Gasteiger charge is 2.19. The molecule has 5 heteroatoms. The maximum Gasteiger partial charge on any atom is 0.237 e. The molecule has 1 aromatic rings. The average molecular weight is 268 g/mol. The van der Waals surface area contributed by atoms with Crippen molar-refractivity contribution < 1.29 is 13.9 Å². The molecule has 0 heterocycles. The zero-order chi connectivity index (χ0) is 14.6. The van der Waals surface area contributed by atoms with E-state index in [0.717, 1.165) is 0 Å². The number of nitrogens with one attached hydrogen (secondary N) is 1. The fourth-order valence-corrected chi connectivity index (χ4v) is 1.65. The Hall–Kier alpha value is -1.62. The van der Waals surface area contributed by atoms with Crippen LogP contribution in [0.25, 0.3) is 0 Å². The lowest BCUT2D eigenvalue weighted by atomic mass is 10.0. The molecule has 0 radical (unpaired) electrons. The average Bonchev–Trinajstić information content (AvgIpc) is 2.37. The van der Waals surface area contributed by atoms with Gasteiger partial charge in [0.1, 0.15) is 0 Å². The van der Waals surface area contributed by atoms with Gasteiger partial charge in [-0.05, 0) is 30.5 Å². The number of methoxy groups -OCH3 is 1. The van der Waals surface area contributed by atoms with Gasteiger partial charge < -0.3 is 15.8 Å². The number of hydrogen-bond acceptors (Lipinski definition) is 3. The van der Waals surface area contributed by atoms with Crippen LogP contribution in [0.5, 0.6) is 5.75 Å². The van der Waals surface area contributed by atoms with Crippen LogP contribution in [0.1, 0.15) is 32.4 Å². The van der Waals surface area contributed by atoms with Crippen LogP contribution in [0, 0.1) is 11.7 Å². The Bertz CT molecular complexity index is 449. The van der Waals surface area contributed by atoms with Gasteiger partial charge in [0.15, 0.2) is 11.6 Å². The summed E-state index contributed by atoms with van der Waals surface area (Å²) in [6.07, 6.45) is 0. The number of carbonyl (C=O) groups is 1. The second-order valence-corrected chi connectivity index (χ2v) is 4.89. The van der Waals surface area contributed by atoms with E-state index in [1.54, 1.807) is 13.0 Å². The zero-order valence-electron chi connectivity index (χ0n) is 11.7. The van der Waals surface area contributed by atoms with Crippen LogP contribution in [-0.4, -0.2) is 19.1 Å². The number of benzene rings is 1. The van der Waals surface area contributed by atoms with Crippen LogP contribution in [0.15, 0.2) is 18.2 Å². The molecule has 1 rings (SSSR count). The molecule has 19 heavy (non-hydrogen) atoms. The Balaban J connectivity index is 2.76. The molecule has 0 bridgehead atoms. The van der Waals surface area contributed by atoms with Crippen molar-refractivity contribution in [2.75, 3.05) is 7.11 Å². The smallest absolute Gasteiger partial charge is 0.237 e. The van der Waals surface area contributed by atoms with Crippen LogP contribution in [0.3, 0.4) is 0 Å². The SMILES string of the molecule is COc1ccc(C(C)NC(=O)[C@@H](N)C(C)C)cc1F. The molecular weight excluding hydrogens is 247 g/mol. The summed E-state index contributed by atoms with van der Waals surface area (Å²) >= 11 is 0. The lowest BCUT2D eigenvalue weighted by Gasteiger charge is -2.20. The van der Waals surface area contributed by atoms with Crippen molar-refractivity contribution in [2.24, 2.45) is 11.7 Å². The summed E-state index contributed by atoms with van der Waals surface area (Å²) in [5.74, 6) is -0.450. The Morgan fingerprint density at radius 3 is 2.47 bits per heavy atom. The first-order valence-corrected chi connectivity index (χ1v) is 6.26.